The van der Waals surface area contributed by atoms with Gasteiger partial charge in [-0.3, -0.25) is 4.79 Å². The Morgan fingerprint density at radius 2 is 2.04 bits per heavy atom. The molecule has 0 aliphatic heterocycles. The monoisotopic (exact) mass is 329 g/mol. The van der Waals surface area contributed by atoms with Crippen LogP contribution in [0.4, 0.5) is 4.39 Å². The number of rotatable bonds is 4. The highest BCUT2D eigenvalue weighted by Crippen LogP contribution is 2.23. The molecule has 3 rings (SSSR count). The van der Waals surface area contributed by atoms with Crippen LogP contribution in [0.25, 0.3) is 0 Å². The first-order valence-electron chi connectivity index (χ1n) is 7.14. The van der Waals surface area contributed by atoms with Crippen LogP contribution in [0.2, 0.25) is 0 Å². The lowest BCUT2D eigenvalue weighted by Crippen LogP contribution is -2.31. The highest BCUT2D eigenvalue weighted by atomic mass is 32.1. The normalized spacial score (nSPS) is 12.1. The van der Waals surface area contributed by atoms with E-state index >= 15 is 0 Å². The van der Waals surface area contributed by atoms with Crippen LogP contribution in [0.1, 0.15) is 32.7 Å². The molecule has 1 unspecified atom stereocenters. The molecule has 118 valence electrons. The maximum atomic E-state index is 13.2. The predicted molar refractivity (Wildman–Crippen MR) is 88.0 cm³/mol. The number of aromatic nitrogens is 2. The fourth-order valence-corrected chi connectivity index (χ4v) is 3.24. The van der Waals surface area contributed by atoms with Gasteiger partial charge in [0, 0.05) is 19.4 Å². The van der Waals surface area contributed by atoms with Crippen LogP contribution in [0.5, 0.6) is 0 Å². The van der Waals surface area contributed by atoms with Crippen molar-refractivity contribution in [2.45, 2.75) is 13.0 Å². The number of nitrogens with one attached hydrogen (secondary N) is 1. The number of imidazole rings is 1. The molecule has 0 fully saturated rings. The second-order valence-electron chi connectivity index (χ2n) is 5.29. The SMILES string of the molecule is Cc1ccsc1C(=O)NC(c1ccc(F)cc1)c1nccn1C. The van der Waals surface area contributed by atoms with Gasteiger partial charge in [-0.1, -0.05) is 12.1 Å². The van der Waals surface area contributed by atoms with Crippen LogP contribution in [0.3, 0.4) is 0 Å². The van der Waals surface area contributed by atoms with Crippen molar-refractivity contribution in [2.75, 3.05) is 0 Å². The summed E-state index contributed by atoms with van der Waals surface area (Å²) in [5, 5.41) is 4.89. The van der Waals surface area contributed by atoms with Crippen molar-refractivity contribution in [1.82, 2.24) is 14.9 Å². The van der Waals surface area contributed by atoms with E-state index in [0.717, 1.165) is 11.1 Å². The second-order valence-corrected chi connectivity index (χ2v) is 6.20. The average molecular weight is 329 g/mol. The number of nitrogens with zero attached hydrogens (tertiary/aromatic N) is 2. The Hall–Kier alpha value is -2.47. The number of carbonyl (C=O) groups excluding carboxylic acids is 1. The Morgan fingerprint density at radius 1 is 1.30 bits per heavy atom. The summed E-state index contributed by atoms with van der Waals surface area (Å²) in [5.74, 6) is 0.224. The minimum absolute atomic E-state index is 0.158. The summed E-state index contributed by atoms with van der Waals surface area (Å²) in [7, 11) is 1.86. The van der Waals surface area contributed by atoms with E-state index in [2.05, 4.69) is 10.3 Å². The van der Waals surface area contributed by atoms with E-state index in [9.17, 15) is 9.18 Å². The average Bonchev–Trinajstić information content (AvgIpc) is 3.14. The molecule has 0 saturated carbocycles. The van der Waals surface area contributed by atoms with Crippen LogP contribution in [-0.4, -0.2) is 15.5 Å². The van der Waals surface area contributed by atoms with Crippen molar-refractivity contribution in [3.63, 3.8) is 0 Å². The van der Waals surface area contributed by atoms with E-state index in [-0.39, 0.29) is 11.7 Å². The third kappa shape index (κ3) is 3.17. The van der Waals surface area contributed by atoms with Gasteiger partial charge in [0.05, 0.1) is 4.88 Å². The van der Waals surface area contributed by atoms with Crippen molar-refractivity contribution in [3.8, 4) is 0 Å². The van der Waals surface area contributed by atoms with Gasteiger partial charge in [-0.2, -0.15) is 0 Å². The zero-order valence-electron chi connectivity index (χ0n) is 12.8. The van der Waals surface area contributed by atoms with Crippen LogP contribution in [0, 0.1) is 12.7 Å². The van der Waals surface area contributed by atoms with Crippen LogP contribution in [0.15, 0.2) is 48.1 Å². The zero-order chi connectivity index (χ0) is 16.4. The van der Waals surface area contributed by atoms with Crippen molar-refractivity contribution in [2.24, 2.45) is 7.05 Å². The number of hydrogen-bond donors (Lipinski definition) is 1. The van der Waals surface area contributed by atoms with E-state index < -0.39 is 6.04 Å². The molecule has 1 N–H and O–H groups in total. The Morgan fingerprint density at radius 3 is 2.61 bits per heavy atom. The molecule has 0 spiro atoms. The highest BCUT2D eigenvalue weighted by molar-refractivity contribution is 7.12. The lowest BCUT2D eigenvalue weighted by atomic mass is 10.1. The molecule has 2 aromatic heterocycles. The molecule has 6 heteroatoms. The first-order valence-corrected chi connectivity index (χ1v) is 8.02. The number of benzene rings is 1. The number of carbonyl (C=O) groups is 1. The van der Waals surface area contributed by atoms with E-state index in [1.165, 1.54) is 23.5 Å². The smallest absolute Gasteiger partial charge is 0.262 e. The van der Waals surface area contributed by atoms with E-state index in [4.69, 9.17) is 0 Å². The summed E-state index contributed by atoms with van der Waals surface area (Å²) >= 11 is 1.40. The predicted octanol–water partition coefficient (Wildman–Crippen LogP) is 3.45. The number of halogens is 1. The van der Waals surface area contributed by atoms with Crippen LogP contribution < -0.4 is 5.32 Å². The summed E-state index contributed by atoms with van der Waals surface area (Å²) in [6.07, 6.45) is 3.49. The Labute approximate surface area is 137 Å². The van der Waals surface area contributed by atoms with Crippen LogP contribution >= 0.6 is 11.3 Å². The van der Waals surface area contributed by atoms with Gasteiger partial charge in [0.15, 0.2) is 0 Å². The summed E-state index contributed by atoms with van der Waals surface area (Å²) in [5.41, 5.74) is 1.72. The van der Waals surface area contributed by atoms with Gasteiger partial charge in [0.1, 0.15) is 17.7 Å². The zero-order valence-corrected chi connectivity index (χ0v) is 13.6. The molecular weight excluding hydrogens is 313 g/mol. The van der Waals surface area contributed by atoms with Crippen LogP contribution in [-0.2, 0) is 7.05 Å². The molecule has 1 atom stereocenters. The van der Waals surface area contributed by atoms with Gasteiger partial charge >= 0.3 is 0 Å². The number of thiophene rings is 1. The number of aryl methyl sites for hydroxylation is 2. The highest BCUT2D eigenvalue weighted by Gasteiger charge is 2.22. The largest absolute Gasteiger partial charge is 0.337 e. The molecule has 3 aromatic rings. The van der Waals surface area contributed by atoms with Gasteiger partial charge in [0.25, 0.3) is 5.91 Å². The van der Waals surface area contributed by atoms with Gasteiger partial charge in [0.2, 0.25) is 0 Å². The first kappa shape index (κ1) is 15.4. The van der Waals surface area contributed by atoms with E-state index in [1.807, 2.05) is 36.2 Å². The summed E-state index contributed by atoms with van der Waals surface area (Å²) < 4.78 is 15.0. The number of amides is 1. The Bertz CT molecular complexity index is 822. The van der Waals surface area contributed by atoms with Crippen molar-refractivity contribution in [3.05, 3.63) is 75.8 Å². The molecule has 0 bridgehead atoms. The molecule has 0 saturated heterocycles. The topological polar surface area (TPSA) is 46.9 Å². The minimum Gasteiger partial charge on any atom is -0.337 e. The summed E-state index contributed by atoms with van der Waals surface area (Å²) in [4.78, 5) is 17.6. The van der Waals surface area contributed by atoms with E-state index in [1.54, 1.807) is 18.3 Å². The number of hydrogen-bond acceptors (Lipinski definition) is 3. The standard InChI is InChI=1S/C17H16FN3OS/c1-11-7-10-23-15(11)17(22)20-14(16-19-8-9-21(16)2)12-3-5-13(18)6-4-12/h3-10,14H,1-2H3,(H,20,22). The maximum absolute atomic E-state index is 13.2. The lowest BCUT2D eigenvalue weighted by molar-refractivity contribution is 0.0944. The summed E-state index contributed by atoms with van der Waals surface area (Å²) in [6.45, 7) is 1.90. The van der Waals surface area contributed by atoms with E-state index in [0.29, 0.717) is 10.7 Å². The van der Waals surface area contributed by atoms with Gasteiger partial charge < -0.3 is 9.88 Å². The molecule has 2 heterocycles. The third-order valence-electron chi connectivity index (χ3n) is 3.66. The molecular formula is C17H16FN3OS. The maximum Gasteiger partial charge on any atom is 0.262 e. The fourth-order valence-electron chi connectivity index (χ4n) is 2.41. The van der Waals surface area contributed by atoms with Crippen molar-refractivity contribution < 1.29 is 9.18 Å². The molecule has 0 aliphatic rings. The first-order chi connectivity index (χ1) is 11.1. The minimum atomic E-state index is -0.440. The molecule has 23 heavy (non-hydrogen) atoms. The Balaban J connectivity index is 1.96. The molecule has 4 nitrogen and oxygen atoms in total. The molecule has 0 aliphatic carbocycles. The van der Waals surface area contributed by atoms with Gasteiger partial charge in [-0.15, -0.1) is 11.3 Å². The van der Waals surface area contributed by atoms with Gasteiger partial charge in [-0.25, -0.2) is 9.37 Å². The Kier molecular flexibility index (Phi) is 4.25. The fraction of sp³-hybridized carbons (Fsp3) is 0.176. The lowest BCUT2D eigenvalue weighted by Gasteiger charge is -2.19. The second kappa shape index (κ2) is 6.34. The molecule has 0 radical (unpaired) electrons. The van der Waals surface area contributed by atoms with Gasteiger partial charge in [-0.05, 0) is 41.6 Å². The van der Waals surface area contributed by atoms with Crippen molar-refractivity contribution >= 4 is 17.2 Å². The third-order valence-corrected chi connectivity index (χ3v) is 4.68. The molecule has 1 aromatic carbocycles. The van der Waals surface area contributed by atoms with Crippen molar-refractivity contribution in [1.29, 1.82) is 0 Å². The quantitative estimate of drug-likeness (QED) is 0.797. The molecule has 1 amide bonds. The summed E-state index contributed by atoms with van der Waals surface area (Å²) in [6, 6.07) is 7.56.